The Morgan fingerprint density at radius 2 is 2.17 bits per heavy atom. The highest BCUT2D eigenvalue weighted by Crippen LogP contribution is 2.22. The Bertz CT molecular complexity index is 347. The zero-order valence-electron chi connectivity index (χ0n) is 11.5. The van der Waals surface area contributed by atoms with Gasteiger partial charge in [0.1, 0.15) is 12.2 Å². The average Bonchev–Trinajstić information content (AvgIpc) is 2.84. The topological polar surface area (TPSA) is 43.2 Å². The molecule has 1 aromatic rings. The summed E-state index contributed by atoms with van der Waals surface area (Å²) in [5.41, 5.74) is 0. The quantitative estimate of drug-likeness (QED) is 0.772. The Labute approximate surface area is 109 Å². The van der Waals surface area contributed by atoms with Gasteiger partial charge < -0.3 is 9.30 Å². The van der Waals surface area contributed by atoms with Crippen LogP contribution in [-0.4, -0.2) is 46.5 Å². The number of ether oxygens (including phenoxy) is 1. The number of hydrogen-bond acceptors (Lipinski definition) is 4. The third-order valence-corrected chi connectivity index (χ3v) is 3.82. The van der Waals surface area contributed by atoms with Crippen molar-refractivity contribution >= 4 is 0 Å². The van der Waals surface area contributed by atoms with E-state index in [0.717, 1.165) is 18.9 Å². The van der Waals surface area contributed by atoms with E-state index >= 15 is 0 Å². The standard InChI is InChI=1S/C13H24N4O/c1-16(12-6-4-3-5-7-12)10-13-15-14-11-17(13)8-9-18-2/h11-12H,3-10H2,1-2H3. The summed E-state index contributed by atoms with van der Waals surface area (Å²) in [4.78, 5) is 2.42. The van der Waals surface area contributed by atoms with Crippen molar-refractivity contribution in [2.45, 2.75) is 51.2 Å². The summed E-state index contributed by atoms with van der Waals surface area (Å²) >= 11 is 0. The van der Waals surface area contributed by atoms with Crippen molar-refractivity contribution in [3.63, 3.8) is 0 Å². The van der Waals surface area contributed by atoms with Gasteiger partial charge in [-0.05, 0) is 19.9 Å². The molecule has 1 aliphatic carbocycles. The smallest absolute Gasteiger partial charge is 0.147 e. The van der Waals surface area contributed by atoms with Crippen LogP contribution in [0.1, 0.15) is 37.9 Å². The summed E-state index contributed by atoms with van der Waals surface area (Å²) in [6.07, 6.45) is 8.57. The van der Waals surface area contributed by atoms with Gasteiger partial charge in [0.2, 0.25) is 0 Å². The Balaban J connectivity index is 1.89. The molecule has 0 aromatic carbocycles. The molecule has 5 heteroatoms. The van der Waals surface area contributed by atoms with Crippen LogP contribution in [0.15, 0.2) is 6.33 Å². The summed E-state index contributed by atoms with van der Waals surface area (Å²) in [5, 5.41) is 8.22. The fourth-order valence-corrected chi connectivity index (χ4v) is 2.65. The highest BCUT2D eigenvalue weighted by Gasteiger charge is 2.19. The van der Waals surface area contributed by atoms with E-state index in [-0.39, 0.29) is 0 Å². The number of rotatable bonds is 6. The molecular formula is C13H24N4O. The lowest BCUT2D eigenvalue weighted by molar-refractivity contribution is 0.169. The molecule has 0 amide bonds. The summed E-state index contributed by atoms with van der Waals surface area (Å²) in [6.45, 7) is 2.42. The molecule has 102 valence electrons. The van der Waals surface area contributed by atoms with Crippen molar-refractivity contribution in [2.24, 2.45) is 0 Å². The van der Waals surface area contributed by atoms with Crippen LogP contribution in [0.3, 0.4) is 0 Å². The SMILES string of the molecule is COCCn1cnnc1CN(C)C1CCCCC1. The van der Waals surface area contributed by atoms with Gasteiger partial charge in [0.05, 0.1) is 13.2 Å². The van der Waals surface area contributed by atoms with Crippen LogP contribution >= 0.6 is 0 Å². The van der Waals surface area contributed by atoms with E-state index in [1.807, 2.05) is 0 Å². The zero-order valence-corrected chi connectivity index (χ0v) is 11.5. The van der Waals surface area contributed by atoms with E-state index in [4.69, 9.17) is 4.74 Å². The Morgan fingerprint density at radius 3 is 2.89 bits per heavy atom. The summed E-state index contributed by atoms with van der Waals surface area (Å²) in [5.74, 6) is 1.04. The van der Waals surface area contributed by atoms with Crippen molar-refractivity contribution in [3.8, 4) is 0 Å². The van der Waals surface area contributed by atoms with E-state index in [9.17, 15) is 0 Å². The van der Waals surface area contributed by atoms with Crippen LogP contribution in [0.5, 0.6) is 0 Å². The van der Waals surface area contributed by atoms with Gasteiger partial charge in [0.25, 0.3) is 0 Å². The lowest BCUT2D eigenvalue weighted by atomic mass is 9.94. The van der Waals surface area contributed by atoms with E-state index < -0.39 is 0 Å². The van der Waals surface area contributed by atoms with Crippen LogP contribution in [0.25, 0.3) is 0 Å². The fourth-order valence-electron chi connectivity index (χ4n) is 2.65. The van der Waals surface area contributed by atoms with Gasteiger partial charge in [-0.1, -0.05) is 19.3 Å². The molecule has 0 unspecified atom stereocenters. The van der Waals surface area contributed by atoms with Crippen molar-refractivity contribution in [2.75, 3.05) is 20.8 Å². The summed E-state index contributed by atoms with van der Waals surface area (Å²) in [6, 6.07) is 0.714. The van der Waals surface area contributed by atoms with Gasteiger partial charge in [-0.3, -0.25) is 4.90 Å². The van der Waals surface area contributed by atoms with Gasteiger partial charge >= 0.3 is 0 Å². The van der Waals surface area contributed by atoms with E-state index in [0.29, 0.717) is 12.6 Å². The molecule has 0 aliphatic heterocycles. The highest BCUT2D eigenvalue weighted by atomic mass is 16.5. The maximum Gasteiger partial charge on any atom is 0.147 e. The normalized spacial score (nSPS) is 17.5. The molecule has 18 heavy (non-hydrogen) atoms. The first-order chi connectivity index (χ1) is 8.81. The molecule has 1 aliphatic rings. The second-order valence-electron chi connectivity index (χ2n) is 5.14. The van der Waals surface area contributed by atoms with E-state index in [1.54, 1.807) is 13.4 Å². The van der Waals surface area contributed by atoms with E-state index in [2.05, 4.69) is 26.7 Å². The predicted molar refractivity (Wildman–Crippen MR) is 70.2 cm³/mol. The monoisotopic (exact) mass is 252 g/mol. The Kier molecular flexibility index (Phi) is 5.13. The van der Waals surface area contributed by atoms with Crippen LogP contribution in [-0.2, 0) is 17.8 Å². The average molecular weight is 252 g/mol. The number of nitrogens with zero attached hydrogens (tertiary/aromatic N) is 4. The zero-order chi connectivity index (χ0) is 12.8. The van der Waals surface area contributed by atoms with Crippen molar-refractivity contribution in [1.82, 2.24) is 19.7 Å². The maximum atomic E-state index is 5.10. The van der Waals surface area contributed by atoms with Gasteiger partial charge in [-0.15, -0.1) is 10.2 Å². The molecule has 1 heterocycles. The molecule has 2 rings (SSSR count). The maximum absolute atomic E-state index is 5.10. The van der Waals surface area contributed by atoms with Crippen LogP contribution in [0, 0.1) is 0 Å². The molecular weight excluding hydrogens is 228 g/mol. The largest absolute Gasteiger partial charge is 0.383 e. The first-order valence-electron chi connectivity index (χ1n) is 6.87. The first-order valence-corrected chi connectivity index (χ1v) is 6.87. The Morgan fingerprint density at radius 1 is 1.39 bits per heavy atom. The van der Waals surface area contributed by atoms with Crippen molar-refractivity contribution in [1.29, 1.82) is 0 Å². The first kappa shape index (κ1) is 13.5. The third-order valence-electron chi connectivity index (χ3n) is 3.82. The molecule has 0 saturated heterocycles. The lowest BCUT2D eigenvalue weighted by Crippen LogP contribution is -2.33. The summed E-state index contributed by atoms with van der Waals surface area (Å²) in [7, 11) is 3.92. The minimum absolute atomic E-state index is 0.707. The second kappa shape index (κ2) is 6.85. The molecule has 0 atom stereocenters. The second-order valence-corrected chi connectivity index (χ2v) is 5.14. The molecule has 0 N–H and O–H groups in total. The van der Waals surface area contributed by atoms with Crippen molar-refractivity contribution in [3.05, 3.63) is 12.2 Å². The van der Waals surface area contributed by atoms with Crippen molar-refractivity contribution < 1.29 is 4.74 Å². The van der Waals surface area contributed by atoms with E-state index in [1.165, 1.54) is 32.1 Å². The Hall–Kier alpha value is -0.940. The third kappa shape index (κ3) is 3.53. The molecule has 0 spiro atoms. The van der Waals surface area contributed by atoms with Gasteiger partial charge in [-0.25, -0.2) is 0 Å². The molecule has 0 radical (unpaired) electrons. The number of hydrogen-bond donors (Lipinski definition) is 0. The minimum atomic E-state index is 0.707. The molecule has 1 saturated carbocycles. The van der Waals surface area contributed by atoms with Crippen LogP contribution in [0.2, 0.25) is 0 Å². The molecule has 1 aromatic heterocycles. The fraction of sp³-hybridized carbons (Fsp3) is 0.846. The highest BCUT2D eigenvalue weighted by molar-refractivity contribution is 4.87. The lowest BCUT2D eigenvalue weighted by Gasteiger charge is -2.30. The van der Waals surface area contributed by atoms with Gasteiger partial charge in [0.15, 0.2) is 0 Å². The van der Waals surface area contributed by atoms with Crippen LogP contribution < -0.4 is 0 Å². The van der Waals surface area contributed by atoms with Crippen LogP contribution in [0.4, 0.5) is 0 Å². The molecule has 1 fully saturated rings. The molecule has 0 bridgehead atoms. The molecule has 5 nitrogen and oxygen atoms in total. The van der Waals surface area contributed by atoms with Gasteiger partial charge in [-0.2, -0.15) is 0 Å². The minimum Gasteiger partial charge on any atom is -0.383 e. The van der Waals surface area contributed by atoms with Gasteiger partial charge in [0, 0.05) is 19.7 Å². The summed E-state index contributed by atoms with van der Waals surface area (Å²) < 4.78 is 7.19. The predicted octanol–water partition coefficient (Wildman–Crippen LogP) is 1.69. The number of methoxy groups -OCH3 is 1. The number of aromatic nitrogens is 3.